The van der Waals surface area contributed by atoms with Gasteiger partial charge < -0.3 is 10.4 Å². The standard InChI is InChI=1S/C16H24N2O3/c1-16(2,3)10-9-13(15(20)21)18-14(19)8-7-12-6-4-5-11-17-12/h4-6,11,13H,7-10H2,1-3H3,(H,18,19)(H,20,21). The number of aromatic nitrogens is 1. The molecule has 1 heterocycles. The number of carboxylic acid groups (broad SMARTS) is 1. The van der Waals surface area contributed by atoms with Gasteiger partial charge in [-0.05, 0) is 36.8 Å². The summed E-state index contributed by atoms with van der Waals surface area (Å²) in [5, 5.41) is 11.8. The van der Waals surface area contributed by atoms with Crippen molar-refractivity contribution in [2.75, 3.05) is 0 Å². The highest BCUT2D eigenvalue weighted by Crippen LogP contribution is 2.21. The number of carbonyl (C=O) groups excluding carboxylic acids is 1. The van der Waals surface area contributed by atoms with Crippen molar-refractivity contribution in [1.82, 2.24) is 10.3 Å². The first-order chi connectivity index (χ1) is 9.78. The Bertz CT molecular complexity index is 466. The summed E-state index contributed by atoms with van der Waals surface area (Å²) in [4.78, 5) is 27.2. The lowest BCUT2D eigenvalue weighted by Gasteiger charge is -2.21. The molecule has 1 rings (SSSR count). The van der Waals surface area contributed by atoms with E-state index in [0.29, 0.717) is 12.8 Å². The maximum Gasteiger partial charge on any atom is 0.326 e. The molecule has 0 spiro atoms. The molecular formula is C16H24N2O3. The first-order valence-corrected chi connectivity index (χ1v) is 7.20. The van der Waals surface area contributed by atoms with Gasteiger partial charge in [-0.2, -0.15) is 0 Å². The lowest BCUT2D eigenvalue weighted by Crippen LogP contribution is -2.41. The molecule has 0 fully saturated rings. The minimum Gasteiger partial charge on any atom is -0.480 e. The molecule has 116 valence electrons. The third-order valence-electron chi connectivity index (χ3n) is 3.15. The van der Waals surface area contributed by atoms with E-state index >= 15 is 0 Å². The van der Waals surface area contributed by atoms with Crippen LogP contribution in [-0.4, -0.2) is 28.0 Å². The van der Waals surface area contributed by atoms with Crippen LogP contribution < -0.4 is 5.32 Å². The third-order valence-corrected chi connectivity index (χ3v) is 3.15. The topological polar surface area (TPSA) is 79.3 Å². The van der Waals surface area contributed by atoms with Crippen molar-refractivity contribution in [1.29, 1.82) is 0 Å². The molecule has 0 aliphatic carbocycles. The van der Waals surface area contributed by atoms with Gasteiger partial charge in [-0.15, -0.1) is 0 Å². The number of carbonyl (C=O) groups is 2. The van der Waals surface area contributed by atoms with Crippen LogP contribution in [0.5, 0.6) is 0 Å². The Hall–Kier alpha value is -1.91. The monoisotopic (exact) mass is 292 g/mol. The molecule has 1 aromatic heterocycles. The fraction of sp³-hybridized carbons (Fsp3) is 0.562. The number of nitrogens with zero attached hydrogens (tertiary/aromatic N) is 1. The van der Waals surface area contributed by atoms with Crippen molar-refractivity contribution < 1.29 is 14.7 Å². The zero-order valence-corrected chi connectivity index (χ0v) is 12.9. The highest BCUT2D eigenvalue weighted by molar-refractivity contribution is 5.83. The lowest BCUT2D eigenvalue weighted by atomic mass is 9.88. The quantitative estimate of drug-likeness (QED) is 0.809. The van der Waals surface area contributed by atoms with Crippen molar-refractivity contribution in [3.8, 4) is 0 Å². The molecule has 5 heteroatoms. The highest BCUT2D eigenvalue weighted by Gasteiger charge is 2.22. The normalized spacial score (nSPS) is 12.7. The number of hydrogen-bond donors (Lipinski definition) is 2. The molecular weight excluding hydrogens is 268 g/mol. The maximum absolute atomic E-state index is 11.9. The van der Waals surface area contributed by atoms with Crippen LogP contribution in [0.25, 0.3) is 0 Å². The molecule has 0 radical (unpaired) electrons. The number of carboxylic acids is 1. The molecule has 0 aliphatic rings. The Morgan fingerprint density at radius 1 is 1.33 bits per heavy atom. The van der Waals surface area contributed by atoms with E-state index in [2.05, 4.69) is 31.1 Å². The van der Waals surface area contributed by atoms with Crippen LogP contribution in [0.15, 0.2) is 24.4 Å². The fourth-order valence-corrected chi connectivity index (χ4v) is 1.89. The largest absolute Gasteiger partial charge is 0.480 e. The van der Waals surface area contributed by atoms with Gasteiger partial charge in [-0.1, -0.05) is 26.8 Å². The van der Waals surface area contributed by atoms with Gasteiger partial charge in [0, 0.05) is 18.3 Å². The van der Waals surface area contributed by atoms with Crippen LogP contribution in [0.4, 0.5) is 0 Å². The number of rotatable bonds is 7. The van der Waals surface area contributed by atoms with E-state index in [-0.39, 0.29) is 17.7 Å². The second-order valence-corrected chi connectivity index (χ2v) is 6.38. The number of nitrogens with one attached hydrogen (secondary N) is 1. The van der Waals surface area contributed by atoms with Gasteiger partial charge in [-0.25, -0.2) is 4.79 Å². The second-order valence-electron chi connectivity index (χ2n) is 6.38. The van der Waals surface area contributed by atoms with Gasteiger partial charge in [0.1, 0.15) is 6.04 Å². The maximum atomic E-state index is 11.9. The predicted molar refractivity (Wildman–Crippen MR) is 80.8 cm³/mol. The summed E-state index contributed by atoms with van der Waals surface area (Å²) in [5.74, 6) is -1.23. The zero-order chi connectivity index (χ0) is 15.9. The van der Waals surface area contributed by atoms with E-state index in [1.54, 1.807) is 6.20 Å². The second kappa shape index (κ2) is 7.76. The zero-order valence-electron chi connectivity index (χ0n) is 12.9. The Labute approximate surface area is 125 Å². The average molecular weight is 292 g/mol. The Kier molecular flexibility index (Phi) is 6.34. The van der Waals surface area contributed by atoms with Gasteiger partial charge in [0.2, 0.25) is 5.91 Å². The summed E-state index contributed by atoms with van der Waals surface area (Å²) in [5.41, 5.74) is 0.876. The molecule has 0 aliphatic heterocycles. The van der Waals surface area contributed by atoms with Crippen molar-refractivity contribution in [2.45, 2.75) is 52.5 Å². The first-order valence-electron chi connectivity index (χ1n) is 7.20. The molecule has 0 saturated heterocycles. The third kappa shape index (κ3) is 7.44. The van der Waals surface area contributed by atoms with Crippen LogP contribution in [0, 0.1) is 5.41 Å². The van der Waals surface area contributed by atoms with Gasteiger partial charge in [0.25, 0.3) is 0 Å². The summed E-state index contributed by atoms with van der Waals surface area (Å²) in [7, 11) is 0. The van der Waals surface area contributed by atoms with Crippen molar-refractivity contribution in [2.24, 2.45) is 5.41 Å². The van der Waals surface area contributed by atoms with E-state index in [9.17, 15) is 14.7 Å². The SMILES string of the molecule is CC(C)(C)CCC(NC(=O)CCc1ccccn1)C(=O)O. The first kappa shape index (κ1) is 17.1. The summed E-state index contributed by atoms with van der Waals surface area (Å²) < 4.78 is 0. The van der Waals surface area contributed by atoms with Crippen molar-refractivity contribution in [3.05, 3.63) is 30.1 Å². The molecule has 1 aromatic rings. The number of hydrogen-bond acceptors (Lipinski definition) is 3. The summed E-state index contributed by atoms with van der Waals surface area (Å²) in [6.07, 6.45) is 3.61. The molecule has 1 atom stereocenters. The van der Waals surface area contributed by atoms with Crippen molar-refractivity contribution >= 4 is 11.9 Å². The van der Waals surface area contributed by atoms with E-state index in [4.69, 9.17) is 0 Å². The molecule has 2 N–H and O–H groups in total. The van der Waals surface area contributed by atoms with Crippen LogP contribution in [0.1, 0.15) is 45.7 Å². The summed E-state index contributed by atoms with van der Waals surface area (Å²) >= 11 is 0. The molecule has 5 nitrogen and oxygen atoms in total. The van der Waals surface area contributed by atoms with Crippen LogP contribution in [-0.2, 0) is 16.0 Å². The Morgan fingerprint density at radius 2 is 2.05 bits per heavy atom. The smallest absolute Gasteiger partial charge is 0.326 e. The lowest BCUT2D eigenvalue weighted by molar-refractivity contribution is -0.142. The minimum absolute atomic E-state index is 0.0480. The molecule has 0 saturated carbocycles. The van der Waals surface area contributed by atoms with Crippen LogP contribution >= 0.6 is 0 Å². The van der Waals surface area contributed by atoms with Gasteiger partial charge >= 0.3 is 5.97 Å². The van der Waals surface area contributed by atoms with Gasteiger partial charge in [0.05, 0.1) is 0 Å². The average Bonchev–Trinajstić information content (AvgIpc) is 2.41. The molecule has 1 unspecified atom stereocenters. The predicted octanol–water partition coefficient (Wildman–Crippen LogP) is 2.41. The van der Waals surface area contributed by atoms with E-state index in [1.165, 1.54) is 0 Å². The van der Waals surface area contributed by atoms with Crippen molar-refractivity contribution in [3.63, 3.8) is 0 Å². The number of aryl methyl sites for hydroxylation is 1. The number of amides is 1. The molecule has 0 aromatic carbocycles. The van der Waals surface area contributed by atoms with E-state index in [1.807, 2.05) is 18.2 Å². The molecule has 0 bridgehead atoms. The number of aliphatic carboxylic acids is 1. The van der Waals surface area contributed by atoms with Crippen LogP contribution in [0.2, 0.25) is 0 Å². The minimum atomic E-state index is -0.981. The molecule has 1 amide bonds. The van der Waals surface area contributed by atoms with Gasteiger partial charge in [-0.3, -0.25) is 9.78 Å². The van der Waals surface area contributed by atoms with Gasteiger partial charge in [0.15, 0.2) is 0 Å². The molecule has 21 heavy (non-hydrogen) atoms. The number of pyridine rings is 1. The van der Waals surface area contributed by atoms with E-state index < -0.39 is 12.0 Å². The Morgan fingerprint density at radius 3 is 2.57 bits per heavy atom. The Balaban J connectivity index is 2.43. The van der Waals surface area contributed by atoms with Crippen LogP contribution in [0.3, 0.4) is 0 Å². The highest BCUT2D eigenvalue weighted by atomic mass is 16.4. The summed E-state index contributed by atoms with van der Waals surface area (Å²) in [6, 6.07) is 4.71. The summed E-state index contributed by atoms with van der Waals surface area (Å²) in [6.45, 7) is 6.15. The van der Waals surface area contributed by atoms with E-state index in [0.717, 1.165) is 12.1 Å². The fourth-order valence-electron chi connectivity index (χ4n) is 1.89.